The van der Waals surface area contributed by atoms with Gasteiger partial charge < -0.3 is 40.1 Å². The Morgan fingerprint density at radius 1 is 0.321 bits per heavy atom. The molecule has 0 aromatic heterocycles. The van der Waals surface area contributed by atoms with Gasteiger partial charge in [0.05, 0.1) is 50.5 Å². The van der Waals surface area contributed by atoms with Crippen LogP contribution in [0.5, 0.6) is 0 Å². The molecule has 0 saturated carbocycles. The lowest BCUT2D eigenvalue weighted by atomic mass is 9.92. The predicted octanol–water partition coefficient (Wildman–Crippen LogP) is 9.51. The van der Waals surface area contributed by atoms with Crippen molar-refractivity contribution in [1.82, 2.24) is 0 Å². The van der Waals surface area contributed by atoms with Crippen molar-refractivity contribution in [2.24, 2.45) is 10.8 Å². The normalized spacial score (nSPS) is 11.7. The second-order valence-corrected chi connectivity index (χ2v) is 16.7. The fourth-order valence-corrected chi connectivity index (χ4v) is 6.47. The van der Waals surface area contributed by atoms with Crippen LogP contribution in [0, 0.1) is 10.8 Å². The first-order valence-corrected chi connectivity index (χ1v) is 23.2. The van der Waals surface area contributed by atoms with Crippen LogP contribution in [0.25, 0.3) is 0 Å². The van der Waals surface area contributed by atoms with Crippen LogP contribution in [-0.2, 0) is 19.1 Å². The number of aliphatic hydroxyl groups is 6. The molecule has 0 aliphatic rings. The van der Waals surface area contributed by atoms with Crippen molar-refractivity contribution in [3.05, 3.63) is 0 Å². The van der Waals surface area contributed by atoms with Gasteiger partial charge in [-0.1, -0.05) is 194 Å². The third-order valence-corrected chi connectivity index (χ3v) is 11.1. The SMILES string of the molecule is CCCCCCCCCCCCCCCCCC(=O)OCC(CO)(CO)CO.CCCCCCCCCCCCCCCCCC(=O)OCC(CO)(CO)CO. The molecular formula is C46H92O10. The monoisotopic (exact) mass is 805 g/mol. The molecule has 0 aromatic carbocycles. The molecule has 0 rings (SSSR count). The lowest BCUT2D eigenvalue weighted by Gasteiger charge is -2.26. The van der Waals surface area contributed by atoms with Crippen LogP contribution in [0.3, 0.4) is 0 Å². The number of carbonyl (C=O) groups is 2. The first kappa shape index (κ1) is 56.8. The summed E-state index contributed by atoms with van der Waals surface area (Å²) < 4.78 is 10.2. The van der Waals surface area contributed by atoms with Crippen LogP contribution in [-0.4, -0.2) is 95.4 Å². The van der Waals surface area contributed by atoms with Gasteiger partial charge in [0.25, 0.3) is 0 Å². The number of hydrogen-bond acceptors (Lipinski definition) is 10. The van der Waals surface area contributed by atoms with E-state index in [4.69, 9.17) is 9.47 Å². The van der Waals surface area contributed by atoms with E-state index in [2.05, 4.69) is 13.8 Å². The van der Waals surface area contributed by atoms with Crippen molar-refractivity contribution in [3.63, 3.8) is 0 Å². The summed E-state index contributed by atoms with van der Waals surface area (Å²) in [5, 5.41) is 55.2. The first-order chi connectivity index (χ1) is 27.3. The number of ether oxygens (including phenoxy) is 2. The Kier molecular flexibility index (Phi) is 43.9. The highest BCUT2D eigenvalue weighted by molar-refractivity contribution is 5.69. The molecule has 0 radical (unpaired) electrons. The molecule has 0 aliphatic carbocycles. The maximum Gasteiger partial charge on any atom is 0.305 e. The molecule has 10 heteroatoms. The van der Waals surface area contributed by atoms with Crippen LogP contribution in [0.1, 0.15) is 219 Å². The molecule has 0 heterocycles. The molecule has 0 atom stereocenters. The molecular weight excluding hydrogens is 712 g/mol. The van der Waals surface area contributed by atoms with Gasteiger partial charge in [0.1, 0.15) is 13.2 Å². The van der Waals surface area contributed by atoms with E-state index in [9.17, 15) is 40.2 Å². The Balaban J connectivity index is 0. The highest BCUT2D eigenvalue weighted by Crippen LogP contribution is 2.19. The second-order valence-electron chi connectivity index (χ2n) is 16.7. The van der Waals surface area contributed by atoms with Gasteiger partial charge in [-0.25, -0.2) is 0 Å². The average Bonchev–Trinajstić information content (AvgIpc) is 3.22. The zero-order chi connectivity index (χ0) is 41.9. The second kappa shape index (κ2) is 43.3. The molecule has 0 fully saturated rings. The molecule has 6 N–H and O–H groups in total. The van der Waals surface area contributed by atoms with Crippen LogP contribution in [0.4, 0.5) is 0 Å². The van der Waals surface area contributed by atoms with Crippen LogP contribution in [0.2, 0.25) is 0 Å². The van der Waals surface area contributed by atoms with Crippen molar-refractivity contribution < 1.29 is 49.7 Å². The first-order valence-electron chi connectivity index (χ1n) is 23.2. The van der Waals surface area contributed by atoms with Crippen LogP contribution < -0.4 is 0 Å². The van der Waals surface area contributed by atoms with Gasteiger partial charge in [-0.15, -0.1) is 0 Å². The maximum atomic E-state index is 11.7. The standard InChI is InChI=1S/2C23H46O5/c2*1-2-3-4-5-6-7-8-9-10-11-12-13-14-15-16-17-22(27)28-21-23(18-24,19-25)20-26/h2*24-26H,2-21H2,1H3. The summed E-state index contributed by atoms with van der Waals surface area (Å²) in [5.41, 5.74) is -2.27. The van der Waals surface area contributed by atoms with Crippen molar-refractivity contribution in [1.29, 1.82) is 0 Å². The highest BCUT2D eigenvalue weighted by atomic mass is 16.5. The smallest absolute Gasteiger partial charge is 0.305 e. The number of unbranched alkanes of at least 4 members (excludes halogenated alkanes) is 28. The van der Waals surface area contributed by atoms with E-state index >= 15 is 0 Å². The third kappa shape index (κ3) is 35.8. The van der Waals surface area contributed by atoms with E-state index in [0.29, 0.717) is 12.8 Å². The molecule has 0 aromatic rings. The Bertz CT molecular complexity index is 733. The number of hydrogen-bond donors (Lipinski definition) is 6. The predicted molar refractivity (Wildman–Crippen MR) is 228 cm³/mol. The minimum absolute atomic E-state index is 0.145. The Morgan fingerprint density at radius 2 is 0.500 bits per heavy atom. The van der Waals surface area contributed by atoms with E-state index in [1.807, 2.05) is 0 Å². The molecule has 0 spiro atoms. The number of esters is 2. The zero-order valence-corrected chi connectivity index (χ0v) is 36.6. The van der Waals surface area contributed by atoms with Gasteiger partial charge in [-0.2, -0.15) is 0 Å². The summed E-state index contributed by atoms with van der Waals surface area (Å²) >= 11 is 0. The van der Waals surface area contributed by atoms with E-state index in [-0.39, 0.29) is 25.2 Å². The highest BCUT2D eigenvalue weighted by Gasteiger charge is 2.31. The van der Waals surface area contributed by atoms with E-state index in [1.165, 1.54) is 154 Å². The Labute approximate surface area is 343 Å². The molecule has 0 amide bonds. The summed E-state index contributed by atoms with van der Waals surface area (Å²) in [5.74, 6) is -0.649. The Hall–Kier alpha value is -1.30. The fourth-order valence-electron chi connectivity index (χ4n) is 6.47. The van der Waals surface area contributed by atoms with Gasteiger partial charge in [0.2, 0.25) is 0 Å². The van der Waals surface area contributed by atoms with Crippen molar-refractivity contribution in [2.75, 3.05) is 52.9 Å². The zero-order valence-electron chi connectivity index (χ0n) is 36.6. The number of aliphatic hydroxyl groups excluding tert-OH is 6. The molecule has 0 unspecified atom stereocenters. The third-order valence-electron chi connectivity index (χ3n) is 11.1. The molecule has 0 bridgehead atoms. The minimum atomic E-state index is -1.13. The van der Waals surface area contributed by atoms with Gasteiger partial charge in [-0.3, -0.25) is 9.59 Å². The van der Waals surface area contributed by atoms with Gasteiger partial charge in [-0.05, 0) is 12.8 Å². The van der Waals surface area contributed by atoms with Crippen LogP contribution in [0.15, 0.2) is 0 Å². The number of carbonyl (C=O) groups excluding carboxylic acids is 2. The quantitative estimate of drug-likeness (QED) is 0.0258. The van der Waals surface area contributed by atoms with Crippen molar-refractivity contribution in [3.8, 4) is 0 Å². The minimum Gasteiger partial charge on any atom is -0.465 e. The van der Waals surface area contributed by atoms with E-state index in [0.717, 1.165) is 38.5 Å². The maximum absolute atomic E-state index is 11.7. The summed E-state index contributed by atoms with van der Waals surface area (Å²) in [6, 6.07) is 0. The summed E-state index contributed by atoms with van der Waals surface area (Å²) in [4.78, 5) is 23.4. The van der Waals surface area contributed by atoms with Crippen molar-refractivity contribution in [2.45, 2.75) is 219 Å². The molecule has 10 nitrogen and oxygen atoms in total. The van der Waals surface area contributed by atoms with Gasteiger partial charge >= 0.3 is 11.9 Å². The largest absolute Gasteiger partial charge is 0.465 e. The Morgan fingerprint density at radius 3 is 0.679 bits per heavy atom. The molecule has 0 aliphatic heterocycles. The van der Waals surface area contributed by atoms with Gasteiger partial charge in [0.15, 0.2) is 0 Å². The molecule has 0 saturated heterocycles. The lowest BCUT2D eigenvalue weighted by Crippen LogP contribution is -2.39. The summed E-state index contributed by atoms with van der Waals surface area (Å²) in [6.07, 6.45) is 39.2. The lowest BCUT2D eigenvalue weighted by molar-refractivity contribution is -0.152. The topological polar surface area (TPSA) is 174 Å². The fraction of sp³-hybridized carbons (Fsp3) is 0.957. The number of rotatable bonds is 42. The van der Waals surface area contributed by atoms with Crippen LogP contribution >= 0.6 is 0 Å². The summed E-state index contributed by atoms with van der Waals surface area (Å²) in [7, 11) is 0. The summed E-state index contributed by atoms with van der Waals surface area (Å²) in [6.45, 7) is 1.77. The molecule has 56 heavy (non-hydrogen) atoms. The molecule has 336 valence electrons. The van der Waals surface area contributed by atoms with E-state index < -0.39 is 50.5 Å². The van der Waals surface area contributed by atoms with Gasteiger partial charge in [0, 0.05) is 12.8 Å². The average molecular weight is 805 g/mol. The van der Waals surface area contributed by atoms with E-state index in [1.54, 1.807) is 0 Å². The van der Waals surface area contributed by atoms with Crippen molar-refractivity contribution >= 4 is 11.9 Å².